The van der Waals surface area contributed by atoms with E-state index in [4.69, 9.17) is 0 Å². The van der Waals surface area contributed by atoms with Gasteiger partial charge in [0.05, 0.1) is 11.3 Å². The molecule has 0 fully saturated rings. The van der Waals surface area contributed by atoms with E-state index in [2.05, 4.69) is 34.7 Å². The number of carbonyl (C=O) groups excluding carboxylic acids is 1. The maximum absolute atomic E-state index is 13.0. The van der Waals surface area contributed by atoms with Crippen molar-refractivity contribution in [1.82, 2.24) is 15.5 Å². The van der Waals surface area contributed by atoms with Crippen LogP contribution in [0.3, 0.4) is 0 Å². The molecule has 8 heteroatoms. The van der Waals surface area contributed by atoms with Gasteiger partial charge in [-0.2, -0.15) is 0 Å². The Morgan fingerprint density at radius 1 is 1.20 bits per heavy atom. The number of aromatic nitrogens is 2. The molecule has 1 heterocycles. The molecule has 2 aromatic rings. The molecule has 2 rings (SSSR count). The van der Waals surface area contributed by atoms with Crippen LogP contribution in [0, 0.1) is 11.7 Å². The molecule has 0 radical (unpaired) electrons. The Hall–Kier alpha value is -1.67. The summed E-state index contributed by atoms with van der Waals surface area (Å²) in [7, 11) is 0. The van der Waals surface area contributed by atoms with Crippen LogP contribution < -0.4 is 10.6 Å². The highest BCUT2D eigenvalue weighted by molar-refractivity contribution is 8.02. The van der Waals surface area contributed by atoms with E-state index in [1.807, 2.05) is 13.8 Å². The predicted molar refractivity (Wildman–Crippen MR) is 102 cm³/mol. The fraction of sp³-hybridized carbons (Fsp3) is 0.471. The van der Waals surface area contributed by atoms with Crippen molar-refractivity contribution in [2.45, 2.75) is 43.3 Å². The maximum Gasteiger partial charge on any atom is 0.233 e. The minimum Gasteiger partial charge on any atom is -0.360 e. The minimum absolute atomic E-state index is 0.0892. The van der Waals surface area contributed by atoms with E-state index in [1.165, 1.54) is 35.2 Å². The Morgan fingerprint density at radius 3 is 2.52 bits per heavy atom. The van der Waals surface area contributed by atoms with Gasteiger partial charge in [-0.3, -0.25) is 4.79 Å². The van der Waals surface area contributed by atoms with Crippen LogP contribution in [0.4, 0.5) is 9.52 Å². The van der Waals surface area contributed by atoms with Crippen molar-refractivity contribution in [1.29, 1.82) is 0 Å². The first-order chi connectivity index (χ1) is 11.8. The Balaban J connectivity index is 1.86. The molecule has 1 aromatic carbocycles. The van der Waals surface area contributed by atoms with Crippen molar-refractivity contribution < 1.29 is 9.18 Å². The second-order valence-corrected chi connectivity index (χ2v) is 8.76. The molecule has 5 nitrogen and oxygen atoms in total. The Bertz CT molecular complexity index is 690. The lowest BCUT2D eigenvalue weighted by Crippen LogP contribution is -2.33. The van der Waals surface area contributed by atoms with Crippen LogP contribution in [0.25, 0.3) is 0 Å². The number of halogens is 1. The highest BCUT2D eigenvalue weighted by atomic mass is 32.2. The molecule has 0 saturated heterocycles. The summed E-state index contributed by atoms with van der Waals surface area (Å²) in [5.74, 6) is 0.149. The number of nitrogens with one attached hydrogen (secondary N) is 2. The highest BCUT2D eigenvalue weighted by Crippen LogP contribution is 2.29. The lowest BCUT2D eigenvalue weighted by molar-refractivity contribution is -0.120. The standard InChI is InChI=1S/C17H23FN4OS2/c1-10(2)9-19-16-21-22-17(25-16)24-12(4)15(23)20-11(3)13-5-7-14(18)8-6-13/h5-8,10-12H,9H2,1-4H3,(H,19,21)(H,20,23)/t11-,12-/m0/s1. The van der Waals surface area contributed by atoms with Crippen LogP contribution in [-0.4, -0.2) is 27.9 Å². The van der Waals surface area contributed by atoms with Crippen LogP contribution in [0.1, 0.15) is 39.3 Å². The van der Waals surface area contributed by atoms with Crippen molar-refractivity contribution in [3.63, 3.8) is 0 Å². The number of benzene rings is 1. The van der Waals surface area contributed by atoms with Gasteiger partial charge in [-0.05, 0) is 37.5 Å². The molecule has 136 valence electrons. The molecule has 0 aliphatic rings. The first-order valence-corrected chi connectivity index (χ1v) is 9.84. The van der Waals surface area contributed by atoms with Crippen LogP contribution in [-0.2, 0) is 4.79 Å². The van der Waals surface area contributed by atoms with Gasteiger partial charge in [-0.1, -0.05) is 49.1 Å². The zero-order valence-electron chi connectivity index (χ0n) is 14.7. The van der Waals surface area contributed by atoms with Crippen molar-refractivity contribution in [3.8, 4) is 0 Å². The second kappa shape index (κ2) is 9.15. The zero-order chi connectivity index (χ0) is 18.4. The molecule has 1 amide bonds. The smallest absolute Gasteiger partial charge is 0.233 e. The second-order valence-electron chi connectivity index (χ2n) is 6.19. The van der Waals surface area contributed by atoms with E-state index in [-0.39, 0.29) is 23.0 Å². The molecule has 0 spiro atoms. The Morgan fingerprint density at radius 2 is 1.88 bits per heavy atom. The lowest BCUT2D eigenvalue weighted by Gasteiger charge is -2.17. The molecule has 0 saturated carbocycles. The van der Waals surface area contributed by atoms with Crippen molar-refractivity contribution in [2.24, 2.45) is 5.92 Å². The Labute approximate surface area is 155 Å². The average Bonchev–Trinajstić information content (AvgIpc) is 3.00. The maximum atomic E-state index is 13.0. The van der Waals surface area contributed by atoms with Gasteiger partial charge < -0.3 is 10.6 Å². The third-order valence-corrected chi connectivity index (χ3v) is 5.51. The molecule has 0 bridgehead atoms. The third-order valence-electron chi connectivity index (χ3n) is 3.44. The number of hydrogen-bond donors (Lipinski definition) is 2. The Kier molecular flexibility index (Phi) is 7.19. The van der Waals surface area contributed by atoms with Crippen molar-refractivity contribution in [3.05, 3.63) is 35.6 Å². The van der Waals surface area contributed by atoms with E-state index in [0.717, 1.165) is 21.6 Å². The van der Waals surface area contributed by atoms with Crippen molar-refractivity contribution in [2.75, 3.05) is 11.9 Å². The number of rotatable bonds is 8. The van der Waals surface area contributed by atoms with E-state index in [0.29, 0.717) is 5.92 Å². The largest absolute Gasteiger partial charge is 0.360 e. The summed E-state index contributed by atoms with van der Waals surface area (Å²) in [5.41, 5.74) is 0.864. The van der Waals surface area contributed by atoms with E-state index in [1.54, 1.807) is 12.1 Å². The van der Waals surface area contributed by atoms with Gasteiger partial charge in [0, 0.05) is 6.54 Å². The van der Waals surface area contributed by atoms with Gasteiger partial charge in [0.15, 0.2) is 4.34 Å². The van der Waals surface area contributed by atoms with E-state index >= 15 is 0 Å². The van der Waals surface area contributed by atoms with Gasteiger partial charge in [-0.25, -0.2) is 4.39 Å². The monoisotopic (exact) mass is 382 g/mol. The number of amides is 1. The summed E-state index contributed by atoms with van der Waals surface area (Å²) in [5, 5.41) is 14.8. The third kappa shape index (κ3) is 6.28. The minimum atomic E-state index is -0.297. The number of anilines is 1. The number of thioether (sulfide) groups is 1. The van der Waals surface area contributed by atoms with Gasteiger partial charge in [-0.15, -0.1) is 10.2 Å². The summed E-state index contributed by atoms with van der Waals surface area (Å²) in [6.45, 7) is 8.79. The van der Waals surface area contributed by atoms with Gasteiger partial charge in [0.25, 0.3) is 0 Å². The van der Waals surface area contributed by atoms with Crippen LogP contribution in [0.2, 0.25) is 0 Å². The summed E-state index contributed by atoms with van der Waals surface area (Å²) < 4.78 is 13.7. The average molecular weight is 383 g/mol. The van der Waals surface area contributed by atoms with Gasteiger partial charge >= 0.3 is 0 Å². The first kappa shape index (κ1) is 19.7. The van der Waals surface area contributed by atoms with E-state index < -0.39 is 0 Å². The molecular formula is C17H23FN4OS2. The molecule has 0 aliphatic heterocycles. The lowest BCUT2D eigenvalue weighted by atomic mass is 10.1. The fourth-order valence-corrected chi connectivity index (χ4v) is 3.90. The normalized spacial score (nSPS) is 13.5. The van der Waals surface area contributed by atoms with Crippen LogP contribution in [0.15, 0.2) is 28.6 Å². The SMILES string of the molecule is CC(C)CNc1nnc(S[C@@H](C)C(=O)N[C@@H](C)c2ccc(F)cc2)s1. The topological polar surface area (TPSA) is 66.9 Å². The van der Waals surface area contributed by atoms with Crippen LogP contribution in [0.5, 0.6) is 0 Å². The molecule has 1 aromatic heterocycles. The van der Waals surface area contributed by atoms with Crippen LogP contribution >= 0.6 is 23.1 Å². The number of nitrogens with zero attached hydrogens (tertiary/aromatic N) is 2. The molecule has 2 N–H and O–H groups in total. The fourth-order valence-electron chi connectivity index (χ4n) is 1.99. The highest BCUT2D eigenvalue weighted by Gasteiger charge is 2.19. The molecule has 0 unspecified atom stereocenters. The van der Waals surface area contributed by atoms with Gasteiger partial charge in [0.1, 0.15) is 5.82 Å². The summed E-state index contributed by atoms with van der Waals surface area (Å²) in [6.07, 6.45) is 0. The number of carbonyl (C=O) groups is 1. The zero-order valence-corrected chi connectivity index (χ0v) is 16.4. The van der Waals surface area contributed by atoms with E-state index in [9.17, 15) is 9.18 Å². The summed E-state index contributed by atoms with van der Waals surface area (Å²) >= 11 is 2.82. The summed E-state index contributed by atoms with van der Waals surface area (Å²) in [6, 6.07) is 5.95. The molecular weight excluding hydrogens is 359 g/mol. The number of hydrogen-bond acceptors (Lipinski definition) is 6. The molecule has 25 heavy (non-hydrogen) atoms. The first-order valence-electron chi connectivity index (χ1n) is 8.15. The molecule has 0 aliphatic carbocycles. The van der Waals surface area contributed by atoms with Gasteiger partial charge in [0.2, 0.25) is 11.0 Å². The predicted octanol–water partition coefficient (Wildman–Crippen LogP) is 4.10. The quantitative estimate of drug-likeness (QED) is 0.673. The molecule has 2 atom stereocenters. The summed E-state index contributed by atoms with van der Waals surface area (Å²) in [4.78, 5) is 12.4. The van der Waals surface area contributed by atoms with Crippen molar-refractivity contribution >= 4 is 34.1 Å².